The number of piperidine rings is 1. The Morgan fingerprint density at radius 2 is 1.82 bits per heavy atom. The summed E-state index contributed by atoms with van der Waals surface area (Å²) in [5, 5.41) is 0. The summed E-state index contributed by atoms with van der Waals surface area (Å²) in [6, 6.07) is 0.654. The molecule has 0 aromatic carbocycles. The Hall–Kier alpha value is -0.120. The lowest BCUT2D eigenvalue weighted by atomic mass is 9.91. The van der Waals surface area contributed by atoms with Crippen LogP contribution in [0.1, 0.15) is 38.5 Å². The van der Waals surface area contributed by atoms with Crippen LogP contribution in [0.5, 0.6) is 0 Å². The smallest absolute Gasteiger partial charge is 0.0491 e. The van der Waals surface area contributed by atoms with E-state index in [1.807, 2.05) is 7.11 Å². The summed E-state index contributed by atoms with van der Waals surface area (Å²) >= 11 is 0. The van der Waals surface area contributed by atoms with Gasteiger partial charge in [0.05, 0.1) is 0 Å². The highest BCUT2D eigenvalue weighted by Crippen LogP contribution is 2.31. The number of nitrogens with two attached hydrogens (primary N) is 1. The molecule has 1 atom stereocenters. The molecular formula is C14H28N2O. The summed E-state index contributed by atoms with van der Waals surface area (Å²) in [5.74, 6) is 1.65. The zero-order valence-corrected chi connectivity index (χ0v) is 11.2. The van der Waals surface area contributed by atoms with Gasteiger partial charge in [0, 0.05) is 26.3 Å². The third-order valence-electron chi connectivity index (χ3n) is 4.71. The zero-order valence-electron chi connectivity index (χ0n) is 11.2. The molecule has 2 N–H and O–H groups in total. The Morgan fingerprint density at radius 3 is 2.35 bits per heavy atom. The van der Waals surface area contributed by atoms with Gasteiger partial charge in [-0.05, 0) is 50.6 Å². The summed E-state index contributed by atoms with van der Waals surface area (Å²) in [5.41, 5.74) is 6.01. The maximum absolute atomic E-state index is 6.01. The predicted molar refractivity (Wildman–Crippen MR) is 71.0 cm³/mol. The Morgan fingerprint density at radius 1 is 1.18 bits per heavy atom. The molecule has 0 amide bonds. The van der Waals surface area contributed by atoms with Crippen LogP contribution in [0.3, 0.4) is 0 Å². The molecule has 2 rings (SSSR count). The normalized spacial score (nSPS) is 26.5. The van der Waals surface area contributed by atoms with Crippen LogP contribution in [0, 0.1) is 11.8 Å². The Labute approximate surface area is 106 Å². The van der Waals surface area contributed by atoms with Crippen molar-refractivity contribution < 1.29 is 4.74 Å². The van der Waals surface area contributed by atoms with Gasteiger partial charge < -0.3 is 10.5 Å². The SMILES string of the molecule is COCC1CCN(C(CN)C2CCCC2)CC1. The number of hydrogen-bond acceptors (Lipinski definition) is 3. The van der Waals surface area contributed by atoms with Crippen LogP contribution in [0.2, 0.25) is 0 Å². The second-order valence-electron chi connectivity index (χ2n) is 5.78. The molecule has 2 fully saturated rings. The van der Waals surface area contributed by atoms with Gasteiger partial charge in [-0.1, -0.05) is 12.8 Å². The first-order chi connectivity index (χ1) is 8.35. The highest BCUT2D eigenvalue weighted by molar-refractivity contribution is 4.86. The minimum Gasteiger partial charge on any atom is -0.384 e. The monoisotopic (exact) mass is 240 g/mol. The molecule has 0 bridgehead atoms. The fourth-order valence-electron chi connectivity index (χ4n) is 3.67. The van der Waals surface area contributed by atoms with Gasteiger partial charge in [0.1, 0.15) is 0 Å². The van der Waals surface area contributed by atoms with Crippen molar-refractivity contribution in [3.05, 3.63) is 0 Å². The lowest BCUT2D eigenvalue weighted by Crippen LogP contribution is -2.48. The van der Waals surface area contributed by atoms with Crippen molar-refractivity contribution in [1.29, 1.82) is 0 Å². The van der Waals surface area contributed by atoms with E-state index in [0.717, 1.165) is 25.0 Å². The Bertz CT molecular complexity index is 208. The van der Waals surface area contributed by atoms with E-state index >= 15 is 0 Å². The molecule has 0 aromatic rings. The maximum atomic E-state index is 6.01. The van der Waals surface area contributed by atoms with Crippen molar-refractivity contribution in [2.75, 3.05) is 33.4 Å². The average Bonchev–Trinajstić information content (AvgIpc) is 2.86. The van der Waals surface area contributed by atoms with E-state index in [4.69, 9.17) is 10.5 Å². The molecule has 0 spiro atoms. The van der Waals surface area contributed by atoms with Gasteiger partial charge in [0.2, 0.25) is 0 Å². The van der Waals surface area contributed by atoms with E-state index in [-0.39, 0.29) is 0 Å². The third-order valence-corrected chi connectivity index (χ3v) is 4.71. The first-order valence-corrected chi connectivity index (χ1v) is 7.28. The molecule has 100 valence electrons. The van der Waals surface area contributed by atoms with E-state index in [2.05, 4.69) is 4.90 Å². The van der Waals surface area contributed by atoms with Crippen molar-refractivity contribution in [2.24, 2.45) is 17.6 Å². The molecule has 2 aliphatic rings. The molecule has 1 saturated carbocycles. The molecule has 1 heterocycles. The highest BCUT2D eigenvalue weighted by Gasteiger charge is 2.31. The second-order valence-corrected chi connectivity index (χ2v) is 5.78. The lowest BCUT2D eigenvalue weighted by Gasteiger charge is -2.39. The maximum Gasteiger partial charge on any atom is 0.0491 e. The molecule has 1 aliphatic carbocycles. The van der Waals surface area contributed by atoms with Gasteiger partial charge in [-0.2, -0.15) is 0 Å². The largest absolute Gasteiger partial charge is 0.384 e. The summed E-state index contributed by atoms with van der Waals surface area (Å²) in [7, 11) is 1.81. The van der Waals surface area contributed by atoms with E-state index in [9.17, 15) is 0 Å². The van der Waals surface area contributed by atoms with Crippen LogP contribution >= 0.6 is 0 Å². The molecule has 1 saturated heterocycles. The van der Waals surface area contributed by atoms with Crippen LogP contribution in [-0.4, -0.2) is 44.3 Å². The average molecular weight is 240 g/mol. The van der Waals surface area contributed by atoms with Gasteiger partial charge in [0.15, 0.2) is 0 Å². The van der Waals surface area contributed by atoms with Crippen LogP contribution in [0.4, 0.5) is 0 Å². The summed E-state index contributed by atoms with van der Waals surface area (Å²) in [6.07, 6.45) is 8.22. The molecule has 3 nitrogen and oxygen atoms in total. The lowest BCUT2D eigenvalue weighted by molar-refractivity contribution is 0.0646. The van der Waals surface area contributed by atoms with Crippen molar-refractivity contribution in [3.63, 3.8) is 0 Å². The van der Waals surface area contributed by atoms with Gasteiger partial charge in [0.25, 0.3) is 0 Å². The molecule has 0 radical (unpaired) electrons. The van der Waals surface area contributed by atoms with Crippen molar-refractivity contribution >= 4 is 0 Å². The topological polar surface area (TPSA) is 38.5 Å². The Balaban J connectivity index is 1.81. The van der Waals surface area contributed by atoms with Gasteiger partial charge >= 0.3 is 0 Å². The van der Waals surface area contributed by atoms with Gasteiger partial charge in [-0.15, -0.1) is 0 Å². The fraction of sp³-hybridized carbons (Fsp3) is 1.00. The number of ether oxygens (including phenoxy) is 1. The quantitative estimate of drug-likeness (QED) is 0.797. The summed E-state index contributed by atoms with van der Waals surface area (Å²) < 4.78 is 5.26. The summed E-state index contributed by atoms with van der Waals surface area (Å²) in [6.45, 7) is 4.24. The molecule has 17 heavy (non-hydrogen) atoms. The minimum absolute atomic E-state index is 0.654. The number of methoxy groups -OCH3 is 1. The van der Waals surface area contributed by atoms with E-state index in [1.165, 1.54) is 51.6 Å². The predicted octanol–water partition coefficient (Wildman–Crippen LogP) is 1.86. The molecule has 0 aromatic heterocycles. The summed E-state index contributed by atoms with van der Waals surface area (Å²) in [4.78, 5) is 2.65. The van der Waals surface area contributed by atoms with Gasteiger partial charge in [-0.3, -0.25) is 4.90 Å². The third kappa shape index (κ3) is 3.43. The minimum atomic E-state index is 0.654. The molecule has 1 aliphatic heterocycles. The van der Waals surface area contributed by atoms with Crippen LogP contribution < -0.4 is 5.73 Å². The zero-order chi connectivity index (χ0) is 12.1. The fourth-order valence-corrected chi connectivity index (χ4v) is 3.67. The van der Waals surface area contributed by atoms with E-state index < -0.39 is 0 Å². The van der Waals surface area contributed by atoms with Crippen molar-refractivity contribution in [1.82, 2.24) is 4.90 Å². The number of likely N-dealkylation sites (tertiary alicyclic amines) is 1. The number of nitrogens with zero attached hydrogens (tertiary/aromatic N) is 1. The van der Waals surface area contributed by atoms with Crippen LogP contribution in [-0.2, 0) is 4.74 Å². The first-order valence-electron chi connectivity index (χ1n) is 7.28. The second kappa shape index (κ2) is 6.72. The van der Waals surface area contributed by atoms with E-state index in [0.29, 0.717) is 6.04 Å². The molecule has 1 unspecified atom stereocenters. The standard InChI is InChI=1S/C14H28N2O/c1-17-11-12-6-8-16(9-7-12)14(10-15)13-4-2-3-5-13/h12-14H,2-11,15H2,1H3. The first kappa shape index (κ1) is 13.3. The molecular weight excluding hydrogens is 212 g/mol. The van der Waals surface area contributed by atoms with Crippen molar-refractivity contribution in [2.45, 2.75) is 44.6 Å². The van der Waals surface area contributed by atoms with Crippen LogP contribution in [0.15, 0.2) is 0 Å². The molecule has 3 heteroatoms. The Kier molecular flexibility index (Phi) is 5.26. The van der Waals surface area contributed by atoms with Gasteiger partial charge in [-0.25, -0.2) is 0 Å². The number of rotatable bonds is 5. The van der Waals surface area contributed by atoms with E-state index in [1.54, 1.807) is 0 Å². The van der Waals surface area contributed by atoms with Crippen molar-refractivity contribution in [3.8, 4) is 0 Å². The highest BCUT2D eigenvalue weighted by atomic mass is 16.5. The van der Waals surface area contributed by atoms with Crippen LogP contribution in [0.25, 0.3) is 0 Å². The number of hydrogen-bond donors (Lipinski definition) is 1.